The highest BCUT2D eigenvalue weighted by Gasteiger charge is 2.35. The number of hydrazone groups is 1. The first kappa shape index (κ1) is 21.5. The average molecular weight is 394 g/mol. The standard InChI is InChI=1S/C20H31N3O3S/c1-19(2,3)23(18(25)26)14-9-10-15-13(11-14)7-6-8-16(15)21-22-17(24)12-20(4,5)27/h9-10,14,27H,6-8,11-12H2,1-5H3,(H,22,24)(H,25,26)/b21-16-. The van der Waals surface area contributed by atoms with Crippen molar-refractivity contribution in [2.75, 3.05) is 0 Å². The van der Waals surface area contributed by atoms with Crippen LogP contribution < -0.4 is 5.43 Å². The Hall–Kier alpha value is -1.76. The number of nitrogens with zero attached hydrogens (tertiary/aromatic N) is 2. The molecule has 0 saturated heterocycles. The lowest BCUT2D eigenvalue weighted by atomic mass is 9.82. The summed E-state index contributed by atoms with van der Waals surface area (Å²) in [4.78, 5) is 25.3. The molecule has 0 aliphatic heterocycles. The summed E-state index contributed by atoms with van der Waals surface area (Å²) in [5.41, 5.74) is 5.30. The van der Waals surface area contributed by atoms with Crippen molar-refractivity contribution in [3.8, 4) is 0 Å². The first-order valence-corrected chi connectivity index (χ1v) is 9.84. The second kappa shape index (κ2) is 8.09. The van der Waals surface area contributed by atoms with E-state index in [0.717, 1.165) is 30.5 Å². The summed E-state index contributed by atoms with van der Waals surface area (Å²) in [6, 6.07) is -0.180. The average Bonchev–Trinajstić information content (AvgIpc) is 2.49. The van der Waals surface area contributed by atoms with Gasteiger partial charge in [0.2, 0.25) is 5.91 Å². The second-order valence-corrected chi connectivity index (χ2v) is 10.1. The Morgan fingerprint density at radius 3 is 2.52 bits per heavy atom. The molecule has 7 heteroatoms. The molecule has 0 aromatic heterocycles. The number of carboxylic acid groups (broad SMARTS) is 1. The molecule has 6 nitrogen and oxygen atoms in total. The highest BCUT2D eigenvalue weighted by atomic mass is 32.1. The van der Waals surface area contributed by atoms with Crippen LogP contribution in [0, 0.1) is 0 Å². The van der Waals surface area contributed by atoms with Crippen LogP contribution in [0.3, 0.4) is 0 Å². The van der Waals surface area contributed by atoms with Crippen LogP contribution in [0.2, 0.25) is 0 Å². The number of carbonyl (C=O) groups excluding carboxylic acids is 1. The maximum absolute atomic E-state index is 12.0. The fraction of sp³-hybridized carbons (Fsp3) is 0.650. The summed E-state index contributed by atoms with van der Waals surface area (Å²) in [6.45, 7) is 9.50. The van der Waals surface area contributed by atoms with Crippen molar-refractivity contribution in [2.24, 2.45) is 5.10 Å². The van der Waals surface area contributed by atoms with Gasteiger partial charge >= 0.3 is 6.09 Å². The van der Waals surface area contributed by atoms with E-state index in [1.165, 1.54) is 10.5 Å². The zero-order valence-electron chi connectivity index (χ0n) is 16.9. The Morgan fingerprint density at radius 1 is 1.30 bits per heavy atom. The highest BCUT2D eigenvalue weighted by molar-refractivity contribution is 7.81. The molecule has 0 spiro atoms. The largest absolute Gasteiger partial charge is 0.465 e. The molecule has 2 aliphatic carbocycles. The minimum Gasteiger partial charge on any atom is -0.465 e. The quantitative estimate of drug-likeness (QED) is 0.496. The van der Waals surface area contributed by atoms with Crippen molar-refractivity contribution in [3.05, 3.63) is 23.3 Å². The van der Waals surface area contributed by atoms with Gasteiger partial charge in [-0.3, -0.25) is 9.69 Å². The van der Waals surface area contributed by atoms with Crippen LogP contribution in [0.1, 0.15) is 66.7 Å². The molecule has 0 heterocycles. The molecular weight excluding hydrogens is 362 g/mol. The number of carbonyl (C=O) groups is 2. The first-order valence-electron chi connectivity index (χ1n) is 9.39. The van der Waals surface area contributed by atoms with Gasteiger partial charge in [0.25, 0.3) is 0 Å². The number of amides is 2. The van der Waals surface area contributed by atoms with Gasteiger partial charge in [0.05, 0.1) is 11.8 Å². The van der Waals surface area contributed by atoms with Gasteiger partial charge in [-0.25, -0.2) is 10.2 Å². The summed E-state index contributed by atoms with van der Waals surface area (Å²) >= 11 is 4.37. The monoisotopic (exact) mass is 393 g/mol. The molecule has 2 amide bonds. The fourth-order valence-electron chi connectivity index (χ4n) is 3.68. The van der Waals surface area contributed by atoms with Gasteiger partial charge < -0.3 is 5.11 Å². The minimum absolute atomic E-state index is 0.155. The van der Waals surface area contributed by atoms with Crippen molar-refractivity contribution < 1.29 is 14.7 Å². The topological polar surface area (TPSA) is 82.0 Å². The summed E-state index contributed by atoms with van der Waals surface area (Å²) in [5.74, 6) is -0.155. The molecule has 1 atom stereocenters. The number of hydrogen-bond donors (Lipinski definition) is 3. The van der Waals surface area contributed by atoms with E-state index in [1.807, 2.05) is 46.8 Å². The van der Waals surface area contributed by atoms with E-state index < -0.39 is 11.6 Å². The normalized spacial score (nSPS) is 21.9. The number of rotatable bonds is 4. The van der Waals surface area contributed by atoms with Crippen LogP contribution in [-0.2, 0) is 4.79 Å². The predicted octanol–water partition coefficient (Wildman–Crippen LogP) is 4.14. The van der Waals surface area contributed by atoms with Gasteiger partial charge in [-0.05, 0) is 52.0 Å². The van der Waals surface area contributed by atoms with Crippen LogP contribution in [0.25, 0.3) is 0 Å². The zero-order valence-corrected chi connectivity index (χ0v) is 17.8. The number of hydrogen-bond acceptors (Lipinski definition) is 4. The summed E-state index contributed by atoms with van der Waals surface area (Å²) in [5, 5.41) is 14.0. The van der Waals surface area contributed by atoms with Gasteiger partial charge in [0.15, 0.2) is 0 Å². The van der Waals surface area contributed by atoms with Gasteiger partial charge in [-0.15, -0.1) is 0 Å². The van der Waals surface area contributed by atoms with Gasteiger partial charge in [-0.1, -0.05) is 31.6 Å². The Morgan fingerprint density at radius 2 is 1.96 bits per heavy atom. The lowest BCUT2D eigenvalue weighted by Crippen LogP contribution is -2.51. The van der Waals surface area contributed by atoms with E-state index in [-0.39, 0.29) is 23.1 Å². The van der Waals surface area contributed by atoms with E-state index in [4.69, 9.17) is 0 Å². The van der Waals surface area contributed by atoms with E-state index in [0.29, 0.717) is 6.42 Å². The van der Waals surface area contributed by atoms with Crippen LogP contribution in [-0.4, -0.2) is 44.0 Å². The number of nitrogens with one attached hydrogen (secondary N) is 1. The molecule has 2 N–H and O–H groups in total. The lowest BCUT2D eigenvalue weighted by molar-refractivity contribution is -0.121. The molecule has 27 heavy (non-hydrogen) atoms. The Bertz CT molecular complexity index is 696. The Balaban J connectivity index is 2.15. The van der Waals surface area contributed by atoms with Crippen molar-refractivity contribution in [3.63, 3.8) is 0 Å². The van der Waals surface area contributed by atoms with E-state index in [9.17, 15) is 14.7 Å². The molecule has 150 valence electrons. The predicted molar refractivity (Wildman–Crippen MR) is 111 cm³/mol. The summed E-state index contributed by atoms with van der Waals surface area (Å²) in [6.07, 6.45) is 6.66. The number of allylic oxidation sites excluding steroid dienone is 2. The molecule has 0 bridgehead atoms. The molecule has 2 rings (SSSR count). The second-order valence-electron chi connectivity index (χ2n) is 8.91. The molecule has 0 aromatic carbocycles. The van der Waals surface area contributed by atoms with E-state index in [2.05, 4.69) is 23.2 Å². The summed E-state index contributed by atoms with van der Waals surface area (Å²) in [7, 11) is 0. The van der Waals surface area contributed by atoms with Gasteiger partial charge in [-0.2, -0.15) is 17.7 Å². The summed E-state index contributed by atoms with van der Waals surface area (Å²) < 4.78 is -0.382. The van der Waals surface area contributed by atoms with Crippen molar-refractivity contribution in [2.45, 2.75) is 83.1 Å². The molecule has 0 radical (unpaired) electrons. The van der Waals surface area contributed by atoms with Crippen LogP contribution in [0.15, 0.2) is 28.4 Å². The Labute approximate surface area is 167 Å². The van der Waals surface area contributed by atoms with Crippen LogP contribution in [0.4, 0.5) is 4.79 Å². The zero-order chi connectivity index (χ0) is 20.4. The molecular formula is C20H31N3O3S. The van der Waals surface area contributed by atoms with Crippen molar-refractivity contribution >= 4 is 30.3 Å². The van der Waals surface area contributed by atoms with Crippen molar-refractivity contribution in [1.29, 1.82) is 0 Å². The van der Waals surface area contributed by atoms with Gasteiger partial charge in [0.1, 0.15) is 0 Å². The third kappa shape index (κ3) is 5.86. The van der Waals surface area contributed by atoms with Gasteiger partial charge in [0, 0.05) is 16.7 Å². The maximum atomic E-state index is 12.0. The fourth-order valence-corrected chi connectivity index (χ4v) is 3.82. The molecule has 2 aliphatic rings. The van der Waals surface area contributed by atoms with E-state index >= 15 is 0 Å². The third-order valence-corrected chi connectivity index (χ3v) is 4.85. The maximum Gasteiger partial charge on any atom is 0.408 e. The Kier molecular flexibility index (Phi) is 6.45. The van der Waals surface area contributed by atoms with Crippen LogP contribution in [0.5, 0.6) is 0 Å². The van der Waals surface area contributed by atoms with Crippen molar-refractivity contribution in [1.82, 2.24) is 10.3 Å². The highest BCUT2D eigenvalue weighted by Crippen LogP contribution is 2.34. The van der Waals surface area contributed by atoms with E-state index in [1.54, 1.807) is 0 Å². The molecule has 0 fully saturated rings. The SMILES string of the molecule is CC(C)(S)CC(=O)N/N=C1/CCCC2=C1C=CC(N(C(=O)O)C(C)(C)C)C2. The van der Waals surface area contributed by atoms with Crippen LogP contribution >= 0.6 is 12.6 Å². The third-order valence-electron chi connectivity index (χ3n) is 4.69. The first-order chi connectivity index (χ1) is 12.4. The molecule has 0 saturated carbocycles. The molecule has 1 unspecified atom stereocenters. The number of thiol groups is 1. The minimum atomic E-state index is -0.910. The molecule has 0 aromatic rings. The lowest BCUT2D eigenvalue weighted by Gasteiger charge is -2.40. The smallest absolute Gasteiger partial charge is 0.408 e.